The first kappa shape index (κ1) is 25.8. The summed E-state index contributed by atoms with van der Waals surface area (Å²) in [5, 5.41) is 4.82. The molecule has 0 saturated heterocycles. The molecule has 0 atom stereocenters. The average Bonchev–Trinajstić information content (AvgIpc) is 3.51. The van der Waals surface area contributed by atoms with Gasteiger partial charge in [-0.05, 0) is 40.5 Å². The molecule has 3 heterocycles. The summed E-state index contributed by atoms with van der Waals surface area (Å²) in [5.74, 6) is 0. The van der Waals surface area contributed by atoms with Gasteiger partial charge in [0.2, 0.25) is 0 Å². The molecule has 0 bridgehead atoms. The van der Waals surface area contributed by atoms with E-state index in [9.17, 15) is 0 Å². The number of nitrogens with zero attached hydrogens (tertiary/aromatic N) is 2. The molecule has 2 nitrogen and oxygen atoms in total. The molecule has 3 heteroatoms. The molecule has 9 rings (SSSR count). The summed E-state index contributed by atoms with van der Waals surface area (Å²) in [7, 11) is 0. The highest BCUT2D eigenvalue weighted by Gasteiger charge is 2.12. The zero-order chi connectivity index (χ0) is 29.7. The highest BCUT2D eigenvalue weighted by atomic mass is 32.1. The van der Waals surface area contributed by atoms with E-state index in [2.05, 4.69) is 152 Å². The van der Waals surface area contributed by atoms with Crippen molar-refractivity contribution >= 4 is 53.3 Å². The first-order valence-electron chi connectivity index (χ1n) is 15.2. The van der Waals surface area contributed by atoms with Crippen LogP contribution in [0.1, 0.15) is 0 Å². The lowest BCUT2D eigenvalue weighted by atomic mass is 10.00. The zero-order valence-electron chi connectivity index (χ0n) is 24.3. The highest BCUT2D eigenvalue weighted by Crippen LogP contribution is 2.40. The molecule has 0 aliphatic carbocycles. The zero-order valence-corrected chi connectivity index (χ0v) is 25.1. The molecule has 0 aliphatic rings. The number of benzene rings is 6. The molecule has 210 valence electrons. The van der Waals surface area contributed by atoms with Crippen molar-refractivity contribution in [3.63, 3.8) is 0 Å². The van der Waals surface area contributed by atoms with Crippen molar-refractivity contribution in [1.82, 2.24) is 9.97 Å². The lowest BCUT2D eigenvalue weighted by molar-refractivity contribution is 1.36. The Balaban J connectivity index is 1.09. The quantitative estimate of drug-likeness (QED) is 0.191. The van der Waals surface area contributed by atoms with Gasteiger partial charge in [-0.1, -0.05) is 140 Å². The van der Waals surface area contributed by atoms with E-state index in [1.165, 1.54) is 42.4 Å². The van der Waals surface area contributed by atoms with Crippen LogP contribution in [0, 0.1) is 0 Å². The van der Waals surface area contributed by atoms with Crippen molar-refractivity contribution in [3.8, 4) is 44.8 Å². The third-order valence-corrected chi connectivity index (χ3v) is 9.92. The van der Waals surface area contributed by atoms with Gasteiger partial charge in [0.1, 0.15) is 0 Å². The maximum Gasteiger partial charge on any atom is 0.0972 e. The summed E-state index contributed by atoms with van der Waals surface area (Å²) in [6.45, 7) is 0. The van der Waals surface area contributed by atoms with Crippen LogP contribution in [0.4, 0.5) is 0 Å². The van der Waals surface area contributed by atoms with Crippen LogP contribution in [0.25, 0.3) is 86.7 Å². The number of aromatic nitrogens is 2. The molecule has 0 amide bonds. The van der Waals surface area contributed by atoms with Gasteiger partial charge in [-0.2, -0.15) is 0 Å². The number of hydrogen-bond acceptors (Lipinski definition) is 3. The van der Waals surface area contributed by atoms with E-state index in [1.807, 2.05) is 17.4 Å². The van der Waals surface area contributed by atoms with Crippen molar-refractivity contribution < 1.29 is 0 Å². The topological polar surface area (TPSA) is 25.8 Å². The monoisotopic (exact) mass is 590 g/mol. The van der Waals surface area contributed by atoms with E-state index >= 15 is 0 Å². The molecule has 9 aromatic rings. The van der Waals surface area contributed by atoms with Crippen LogP contribution < -0.4 is 0 Å². The summed E-state index contributed by atoms with van der Waals surface area (Å²) in [6, 6.07) is 56.0. The smallest absolute Gasteiger partial charge is 0.0972 e. The number of rotatable bonds is 4. The molecule has 0 spiro atoms. The second-order valence-corrected chi connectivity index (χ2v) is 12.5. The Morgan fingerprint density at radius 1 is 0.356 bits per heavy atom. The molecule has 0 unspecified atom stereocenters. The average molecular weight is 591 g/mol. The minimum Gasteiger partial charge on any atom is -0.245 e. The predicted molar refractivity (Wildman–Crippen MR) is 192 cm³/mol. The Kier molecular flexibility index (Phi) is 6.03. The van der Waals surface area contributed by atoms with Crippen LogP contribution in [-0.2, 0) is 0 Å². The lowest BCUT2D eigenvalue weighted by Gasteiger charge is -2.09. The maximum absolute atomic E-state index is 5.18. The Hall–Kier alpha value is -5.64. The van der Waals surface area contributed by atoms with Gasteiger partial charge in [-0.3, -0.25) is 0 Å². The highest BCUT2D eigenvalue weighted by molar-refractivity contribution is 7.26. The third-order valence-electron chi connectivity index (χ3n) is 8.70. The van der Waals surface area contributed by atoms with E-state index in [1.54, 1.807) is 0 Å². The molecule has 0 saturated carbocycles. The van der Waals surface area contributed by atoms with Gasteiger partial charge in [0.05, 0.1) is 22.4 Å². The number of pyridine rings is 2. The molecule has 0 fully saturated rings. The van der Waals surface area contributed by atoms with Gasteiger partial charge >= 0.3 is 0 Å². The summed E-state index contributed by atoms with van der Waals surface area (Å²) in [5.41, 5.74) is 10.8. The Morgan fingerprint density at radius 2 is 0.867 bits per heavy atom. The van der Waals surface area contributed by atoms with Gasteiger partial charge in [-0.15, -0.1) is 11.3 Å². The number of thiophene rings is 1. The van der Waals surface area contributed by atoms with E-state index < -0.39 is 0 Å². The van der Waals surface area contributed by atoms with Crippen LogP contribution in [0.3, 0.4) is 0 Å². The molecule has 6 aromatic carbocycles. The van der Waals surface area contributed by atoms with Crippen molar-refractivity contribution in [3.05, 3.63) is 158 Å². The van der Waals surface area contributed by atoms with Crippen LogP contribution in [0.15, 0.2) is 158 Å². The standard InChI is InChI=1S/C42H26N2S/c1-2-7-27(8-3-1)28-13-17-30(18-14-28)37-25-23-32-21-22-33-24-26-38(44-41(33)40(32)43-37)31-19-15-29(16-20-31)34-10-6-11-36-35-9-4-5-12-39(35)45-42(34)36/h1-26H. The molecule has 3 aromatic heterocycles. The van der Waals surface area contributed by atoms with E-state index in [0.717, 1.165) is 44.3 Å². The Morgan fingerprint density at radius 3 is 1.53 bits per heavy atom. The van der Waals surface area contributed by atoms with Crippen molar-refractivity contribution in [2.24, 2.45) is 0 Å². The van der Waals surface area contributed by atoms with E-state index in [4.69, 9.17) is 9.97 Å². The van der Waals surface area contributed by atoms with Crippen molar-refractivity contribution in [1.29, 1.82) is 0 Å². The Labute approximate surface area is 264 Å². The summed E-state index contributed by atoms with van der Waals surface area (Å²) < 4.78 is 2.66. The van der Waals surface area contributed by atoms with Gasteiger partial charge in [0, 0.05) is 42.1 Å². The molecular weight excluding hydrogens is 565 g/mol. The fraction of sp³-hybridized carbons (Fsp3) is 0. The minimum atomic E-state index is 0.923. The first-order chi connectivity index (χ1) is 22.3. The molecule has 0 N–H and O–H groups in total. The molecule has 45 heavy (non-hydrogen) atoms. The van der Waals surface area contributed by atoms with Gasteiger partial charge in [-0.25, -0.2) is 9.97 Å². The van der Waals surface area contributed by atoms with Crippen LogP contribution in [0.2, 0.25) is 0 Å². The minimum absolute atomic E-state index is 0.923. The second kappa shape index (κ2) is 10.5. The van der Waals surface area contributed by atoms with Crippen LogP contribution >= 0.6 is 11.3 Å². The number of fused-ring (bicyclic) bond motifs is 6. The van der Waals surface area contributed by atoms with Crippen molar-refractivity contribution in [2.45, 2.75) is 0 Å². The summed E-state index contributed by atoms with van der Waals surface area (Å²) in [6.07, 6.45) is 0. The molecule has 0 aliphatic heterocycles. The fourth-order valence-electron chi connectivity index (χ4n) is 6.35. The Bertz CT molecular complexity index is 2510. The van der Waals surface area contributed by atoms with Crippen LogP contribution in [-0.4, -0.2) is 9.97 Å². The first-order valence-corrected chi connectivity index (χ1v) is 16.0. The van der Waals surface area contributed by atoms with E-state index in [0.29, 0.717) is 0 Å². The van der Waals surface area contributed by atoms with Gasteiger partial charge in [0.15, 0.2) is 0 Å². The third kappa shape index (κ3) is 4.48. The fourth-order valence-corrected chi connectivity index (χ4v) is 7.59. The van der Waals surface area contributed by atoms with E-state index in [-0.39, 0.29) is 0 Å². The predicted octanol–water partition coefficient (Wildman–Crippen LogP) is 11.8. The SMILES string of the molecule is c1ccc(-c2ccc(-c3ccc4ccc5ccc(-c6ccc(-c7cccc8c7sc7ccccc78)cc6)nc5c4n3)cc2)cc1. The molecular formula is C42H26N2S. The van der Waals surface area contributed by atoms with Crippen LogP contribution in [0.5, 0.6) is 0 Å². The summed E-state index contributed by atoms with van der Waals surface area (Å²) in [4.78, 5) is 10.3. The number of hydrogen-bond donors (Lipinski definition) is 0. The van der Waals surface area contributed by atoms with Gasteiger partial charge in [0.25, 0.3) is 0 Å². The largest absolute Gasteiger partial charge is 0.245 e. The summed E-state index contributed by atoms with van der Waals surface area (Å²) >= 11 is 1.87. The molecule has 0 radical (unpaired) electrons. The van der Waals surface area contributed by atoms with Gasteiger partial charge < -0.3 is 0 Å². The second-order valence-electron chi connectivity index (χ2n) is 11.4. The lowest BCUT2D eigenvalue weighted by Crippen LogP contribution is -1.91. The van der Waals surface area contributed by atoms with Crippen molar-refractivity contribution in [2.75, 3.05) is 0 Å². The maximum atomic E-state index is 5.18. The normalized spacial score (nSPS) is 11.6.